The van der Waals surface area contributed by atoms with Crippen molar-refractivity contribution in [1.82, 2.24) is 10.3 Å². The van der Waals surface area contributed by atoms with E-state index in [4.69, 9.17) is 11.2 Å². The predicted octanol–water partition coefficient (Wildman–Crippen LogP) is 3.82. The highest BCUT2D eigenvalue weighted by Gasteiger charge is 2.38. The van der Waals surface area contributed by atoms with Crippen LogP contribution in [0.4, 0.5) is 0 Å². The van der Waals surface area contributed by atoms with Crippen LogP contribution in [0, 0.1) is 19.3 Å². The summed E-state index contributed by atoms with van der Waals surface area (Å²) in [5, 5.41) is 11.9. The van der Waals surface area contributed by atoms with Crippen molar-refractivity contribution >= 4 is 17.2 Å². The maximum atomic E-state index is 12.5. The van der Waals surface area contributed by atoms with Gasteiger partial charge in [0.05, 0.1) is 12.8 Å². The molecule has 0 saturated heterocycles. The van der Waals surface area contributed by atoms with Crippen molar-refractivity contribution in [3.8, 4) is 28.7 Å². The highest BCUT2D eigenvalue weighted by molar-refractivity contribution is 7.17. The van der Waals surface area contributed by atoms with Gasteiger partial charge in [0.25, 0.3) is 5.91 Å². The number of amides is 1. The van der Waals surface area contributed by atoms with Crippen molar-refractivity contribution < 1.29 is 9.53 Å². The summed E-state index contributed by atoms with van der Waals surface area (Å²) in [7, 11) is 1.63. The second-order valence-electron chi connectivity index (χ2n) is 6.05. The SMILES string of the molecule is C#CCCC1(CCNC(=O)c2sc(-c3ccc(OC)cc3)nc2C)N=N1. The fourth-order valence-corrected chi connectivity index (χ4v) is 3.58. The lowest BCUT2D eigenvalue weighted by Crippen LogP contribution is -2.28. The number of terminal acetylenes is 1. The van der Waals surface area contributed by atoms with Gasteiger partial charge in [-0.15, -0.1) is 23.7 Å². The molecule has 1 aliphatic rings. The zero-order valence-corrected chi connectivity index (χ0v) is 15.6. The molecule has 1 aromatic carbocycles. The van der Waals surface area contributed by atoms with E-state index in [0.29, 0.717) is 24.3 Å². The van der Waals surface area contributed by atoms with Crippen LogP contribution in [0.15, 0.2) is 34.5 Å². The van der Waals surface area contributed by atoms with E-state index in [1.165, 1.54) is 11.3 Å². The number of aryl methyl sites for hydroxylation is 1. The van der Waals surface area contributed by atoms with Gasteiger partial charge in [-0.25, -0.2) is 4.98 Å². The van der Waals surface area contributed by atoms with Gasteiger partial charge in [0.1, 0.15) is 15.6 Å². The van der Waals surface area contributed by atoms with Crippen molar-refractivity contribution in [2.24, 2.45) is 10.2 Å². The van der Waals surface area contributed by atoms with Gasteiger partial charge < -0.3 is 10.1 Å². The van der Waals surface area contributed by atoms with Gasteiger partial charge in [-0.2, -0.15) is 10.2 Å². The third-order valence-electron chi connectivity index (χ3n) is 4.20. The zero-order chi connectivity index (χ0) is 18.6. The van der Waals surface area contributed by atoms with E-state index >= 15 is 0 Å². The first-order valence-electron chi connectivity index (χ1n) is 8.34. The number of carbonyl (C=O) groups excluding carboxylic acids is 1. The molecule has 3 rings (SSSR count). The summed E-state index contributed by atoms with van der Waals surface area (Å²) < 4.78 is 5.17. The average Bonchev–Trinajstić information content (AvgIpc) is 3.32. The number of benzene rings is 1. The Bertz CT molecular complexity index is 859. The predicted molar refractivity (Wildman–Crippen MR) is 101 cm³/mol. The van der Waals surface area contributed by atoms with Gasteiger partial charge in [0.2, 0.25) is 0 Å². The smallest absolute Gasteiger partial charge is 0.263 e. The first-order valence-corrected chi connectivity index (χ1v) is 9.16. The molecule has 134 valence electrons. The van der Waals surface area contributed by atoms with Crippen molar-refractivity contribution in [3.63, 3.8) is 0 Å². The van der Waals surface area contributed by atoms with E-state index in [2.05, 4.69) is 26.4 Å². The van der Waals surface area contributed by atoms with E-state index < -0.39 is 0 Å². The molecule has 2 aromatic rings. The maximum absolute atomic E-state index is 12.5. The number of nitrogens with zero attached hydrogens (tertiary/aromatic N) is 3. The molecule has 2 heterocycles. The van der Waals surface area contributed by atoms with Crippen molar-refractivity contribution in [1.29, 1.82) is 0 Å². The minimum absolute atomic E-state index is 0.118. The number of hydrogen-bond donors (Lipinski definition) is 1. The third kappa shape index (κ3) is 4.09. The van der Waals surface area contributed by atoms with Gasteiger partial charge in [-0.05, 0) is 31.2 Å². The standard InChI is InChI=1S/C19H20N4O2S/c1-4-5-10-19(22-23-19)11-12-20-17(24)16-13(2)21-18(26-16)14-6-8-15(25-3)9-7-14/h1,6-9H,5,10-12H2,2-3H3,(H,20,24). The van der Waals surface area contributed by atoms with Crippen LogP contribution in [0.25, 0.3) is 10.6 Å². The van der Waals surface area contributed by atoms with Crippen LogP contribution in [0.3, 0.4) is 0 Å². The number of carbonyl (C=O) groups is 1. The second kappa shape index (κ2) is 7.67. The van der Waals surface area contributed by atoms with E-state index in [1.54, 1.807) is 7.11 Å². The van der Waals surface area contributed by atoms with E-state index in [9.17, 15) is 4.79 Å². The lowest BCUT2D eigenvalue weighted by atomic mass is 10.0. The van der Waals surface area contributed by atoms with Crippen LogP contribution in [-0.2, 0) is 0 Å². The topological polar surface area (TPSA) is 75.9 Å². The zero-order valence-electron chi connectivity index (χ0n) is 14.8. The Labute approximate surface area is 156 Å². The Morgan fingerprint density at radius 2 is 2.04 bits per heavy atom. The number of methoxy groups -OCH3 is 1. The first-order chi connectivity index (χ1) is 12.6. The summed E-state index contributed by atoms with van der Waals surface area (Å²) in [4.78, 5) is 17.6. The lowest BCUT2D eigenvalue weighted by molar-refractivity contribution is 0.0955. The van der Waals surface area contributed by atoms with Gasteiger partial charge in [0, 0.05) is 31.4 Å². The molecule has 1 aliphatic heterocycles. The van der Waals surface area contributed by atoms with Crippen LogP contribution in [-0.4, -0.2) is 30.2 Å². The molecule has 7 heteroatoms. The van der Waals surface area contributed by atoms with Crippen molar-refractivity contribution in [2.75, 3.05) is 13.7 Å². The first kappa shape index (κ1) is 18.1. The molecule has 0 atom stereocenters. The molecule has 0 unspecified atom stereocenters. The third-order valence-corrected chi connectivity index (χ3v) is 5.41. The highest BCUT2D eigenvalue weighted by atomic mass is 32.1. The Morgan fingerprint density at radius 1 is 1.31 bits per heavy atom. The Morgan fingerprint density at radius 3 is 2.65 bits per heavy atom. The summed E-state index contributed by atoms with van der Waals surface area (Å²) in [6.07, 6.45) is 7.33. The Hall–Kier alpha value is -2.72. The maximum Gasteiger partial charge on any atom is 0.263 e. The van der Waals surface area contributed by atoms with Gasteiger partial charge >= 0.3 is 0 Å². The average molecular weight is 368 g/mol. The van der Waals surface area contributed by atoms with Gasteiger partial charge in [-0.1, -0.05) is 0 Å². The second-order valence-corrected chi connectivity index (χ2v) is 7.05. The summed E-state index contributed by atoms with van der Waals surface area (Å²) in [6, 6.07) is 7.63. The Balaban J connectivity index is 1.59. The summed E-state index contributed by atoms with van der Waals surface area (Å²) in [5.41, 5.74) is 1.30. The van der Waals surface area contributed by atoms with Crippen LogP contribution in [0.1, 0.15) is 34.6 Å². The summed E-state index contributed by atoms with van der Waals surface area (Å²) >= 11 is 1.38. The fraction of sp³-hybridized carbons (Fsp3) is 0.368. The summed E-state index contributed by atoms with van der Waals surface area (Å²) in [6.45, 7) is 2.35. The van der Waals surface area contributed by atoms with Crippen molar-refractivity contribution in [3.05, 3.63) is 34.8 Å². The number of thiazole rings is 1. The van der Waals surface area contributed by atoms with Gasteiger partial charge in [0.15, 0.2) is 5.66 Å². The van der Waals surface area contributed by atoms with Crippen LogP contribution in [0.5, 0.6) is 5.75 Å². The van der Waals surface area contributed by atoms with E-state index in [-0.39, 0.29) is 11.6 Å². The molecule has 0 fully saturated rings. The molecule has 0 spiro atoms. The largest absolute Gasteiger partial charge is 0.497 e. The van der Waals surface area contributed by atoms with Crippen LogP contribution < -0.4 is 10.1 Å². The molecule has 1 N–H and O–H groups in total. The van der Waals surface area contributed by atoms with E-state index in [1.807, 2.05) is 31.2 Å². The molecule has 0 saturated carbocycles. The minimum Gasteiger partial charge on any atom is -0.497 e. The number of ether oxygens (including phenoxy) is 1. The molecule has 26 heavy (non-hydrogen) atoms. The normalized spacial score (nSPS) is 13.9. The number of nitrogens with one attached hydrogen (secondary N) is 1. The Kier molecular flexibility index (Phi) is 5.33. The van der Waals surface area contributed by atoms with Crippen LogP contribution >= 0.6 is 11.3 Å². The lowest BCUT2D eigenvalue weighted by Gasteiger charge is -2.09. The molecular formula is C19H20N4O2S. The molecule has 6 nitrogen and oxygen atoms in total. The number of aromatic nitrogens is 1. The molecule has 0 radical (unpaired) electrons. The molecule has 1 amide bonds. The summed E-state index contributed by atoms with van der Waals surface area (Å²) in [5.74, 6) is 3.27. The minimum atomic E-state index is -0.378. The number of hydrogen-bond acceptors (Lipinski definition) is 6. The highest BCUT2D eigenvalue weighted by Crippen LogP contribution is 2.36. The van der Waals surface area contributed by atoms with Crippen molar-refractivity contribution in [2.45, 2.75) is 31.8 Å². The molecular weight excluding hydrogens is 348 g/mol. The van der Waals surface area contributed by atoms with Gasteiger partial charge in [-0.3, -0.25) is 4.79 Å². The monoisotopic (exact) mass is 368 g/mol. The molecule has 0 bridgehead atoms. The van der Waals surface area contributed by atoms with E-state index in [0.717, 1.165) is 28.4 Å². The molecule has 0 aliphatic carbocycles. The fourth-order valence-electron chi connectivity index (χ4n) is 2.59. The molecule has 1 aromatic heterocycles. The number of rotatable bonds is 8. The quantitative estimate of drug-likeness (QED) is 0.720. The van der Waals surface area contributed by atoms with Crippen LogP contribution in [0.2, 0.25) is 0 Å².